The summed E-state index contributed by atoms with van der Waals surface area (Å²) < 4.78 is 4.88. The molecule has 5 nitrogen and oxygen atoms in total. The molecule has 0 aromatic heterocycles. The molecule has 0 heterocycles. The number of nitro benzene ring substituents is 1. The molecule has 0 amide bonds. The van der Waals surface area contributed by atoms with Crippen molar-refractivity contribution in [3.63, 3.8) is 0 Å². The normalized spacial score (nSPS) is 10.4. The van der Waals surface area contributed by atoms with E-state index in [1.54, 1.807) is 12.2 Å². The van der Waals surface area contributed by atoms with Gasteiger partial charge in [-0.15, -0.1) is 11.6 Å². The molecule has 0 radical (unpaired) electrons. The molecule has 90 valence electrons. The minimum Gasteiger partial charge on any atom is -0.458 e. The lowest BCUT2D eigenvalue weighted by atomic mass is 10.2. The highest BCUT2D eigenvalue weighted by Crippen LogP contribution is 2.12. The van der Waals surface area contributed by atoms with E-state index < -0.39 is 10.9 Å². The topological polar surface area (TPSA) is 69.4 Å². The van der Waals surface area contributed by atoms with Crippen LogP contribution in [0.15, 0.2) is 36.4 Å². The van der Waals surface area contributed by atoms with Crippen molar-refractivity contribution in [1.82, 2.24) is 0 Å². The smallest absolute Gasteiger partial charge is 0.338 e. The number of allylic oxidation sites excluding steroid dienone is 1. The maximum atomic E-state index is 11.4. The fraction of sp³-hybridized carbons (Fsp3) is 0.182. The van der Waals surface area contributed by atoms with E-state index in [1.165, 1.54) is 24.3 Å². The fourth-order valence-corrected chi connectivity index (χ4v) is 1.18. The molecule has 0 spiro atoms. The van der Waals surface area contributed by atoms with Crippen LogP contribution in [0.2, 0.25) is 0 Å². The Morgan fingerprint density at radius 1 is 1.35 bits per heavy atom. The first-order chi connectivity index (χ1) is 8.15. The Bertz CT molecular complexity index is 428. The SMILES string of the molecule is O=C(OCC=CCCl)c1ccc([N+](=O)[O-])cc1. The third-order valence-electron chi connectivity index (χ3n) is 1.88. The molecule has 0 atom stereocenters. The molecule has 0 unspecified atom stereocenters. The number of halogens is 1. The summed E-state index contributed by atoms with van der Waals surface area (Å²) in [7, 11) is 0. The average Bonchev–Trinajstić information content (AvgIpc) is 2.34. The molecule has 0 aliphatic rings. The predicted octanol–water partition coefficient (Wildman–Crippen LogP) is 2.55. The molecule has 0 bridgehead atoms. The van der Waals surface area contributed by atoms with Crippen LogP contribution in [0.4, 0.5) is 5.69 Å². The average molecular weight is 256 g/mol. The summed E-state index contributed by atoms with van der Waals surface area (Å²) in [5, 5.41) is 10.4. The first-order valence-electron chi connectivity index (χ1n) is 4.77. The van der Waals surface area contributed by atoms with E-state index in [0.717, 1.165) is 0 Å². The van der Waals surface area contributed by atoms with E-state index in [0.29, 0.717) is 5.88 Å². The minimum atomic E-state index is -0.529. The number of hydrogen-bond acceptors (Lipinski definition) is 4. The molecule has 17 heavy (non-hydrogen) atoms. The standard InChI is InChI=1S/C11H10ClNO4/c12-7-1-2-8-17-11(14)9-3-5-10(6-4-9)13(15)16/h1-6H,7-8H2. The number of rotatable bonds is 5. The Hall–Kier alpha value is -1.88. The van der Waals surface area contributed by atoms with Crippen molar-refractivity contribution in [2.45, 2.75) is 0 Å². The summed E-state index contributed by atoms with van der Waals surface area (Å²) >= 11 is 5.39. The summed E-state index contributed by atoms with van der Waals surface area (Å²) in [5.74, 6) is -0.172. The van der Waals surface area contributed by atoms with Gasteiger partial charge < -0.3 is 4.74 Å². The van der Waals surface area contributed by atoms with Gasteiger partial charge in [0.25, 0.3) is 5.69 Å². The number of nitro groups is 1. The molecule has 0 N–H and O–H groups in total. The second-order valence-corrected chi connectivity index (χ2v) is 3.34. The Labute approximate surface area is 103 Å². The maximum absolute atomic E-state index is 11.4. The predicted molar refractivity (Wildman–Crippen MR) is 63.2 cm³/mol. The fourth-order valence-electron chi connectivity index (χ4n) is 1.06. The van der Waals surface area contributed by atoms with E-state index in [2.05, 4.69) is 0 Å². The van der Waals surface area contributed by atoms with Crippen molar-refractivity contribution in [3.8, 4) is 0 Å². The van der Waals surface area contributed by atoms with Crippen LogP contribution in [-0.4, -0.2) is 23.4 Å². The van der Waals surface area contributed by atoms with Crippen molar-refractivity contribution in [3.05, 3.63) is 52.1 Å². The third-order valence-corrected chi connectivity index (χ3v) is 2.06. The lowest BCUT2D eigenvalue weighted by molar-refractivity contribution is -0.384. The Morgan fingerprint density at radius 2 is 2.00 bits per heavy atom. The summed E-state index contributed by atoms with van der Waals surface area (Å²) in [4.78, 5) is 21.3. The number of carbonyl (C=O) groups is 1. The van der Waals surface area contributed by atoms with E-state index in [-0.39, 0.29) is 17.9 Å². The quantitative estimate of drug-likeness (QED) is 0.267. The highest BCUT2D eigenvalue weighted by molar-refractivity contribution is 6.18. The first kappa shape index (κ1) is 13.2. The van der Waals surface area contributed by atoms with Crippen LogP contribution in [-0.2, 0) is 4.74 Å². The van der Waals surface area contributed by atoms with Gasteiger partial charge in [0.1, 0.15) is 6.61 Å². The first-order valence-corrected chi connectivity index (χ1v) is 5.31. The highest BCUT2D eigenvalue weighted by atomic mass is 35.5. The molecule has 0 aliphatic carbocycles. The van der Waals surface area contributed by atoms with Crippen LogP contribution in [0.5, 0.6) is 0 Å². The van der Waals surface area contributed by atoms with E-state index in [1.807, 2.05) is 0 Å². The summed E-state index contributed by atoms with van der Waals surface area (Å²) in [6.45, 7) is 0.128. The number of hydrogen-bond donors (Lipinski definition) is 0. The van der Waals surface area contributed by atoms with Crippen molar-refractivity contribution >= 4 is 23.3 Å². The molecular formula is C11H10ClNO4. The molecule has 0 fully saturated rings. The van der Waals surface area contributed by atoms with Gasteiger partial charge in [-0.25, -0.2) is 4.79 Å². The van der Waals surface area contributed by atoms with Gasteiger partial charge in [-0.05, 0) is 12.1 Å². The largest absolute Gasteiger partial charge is 0.458 e. The highest BCUT2D eigenvalue weighted by Gasteiger charge is 2.09. The number of nitrogens with zero attached hydrogens (tertiary/aromatic N) is 1. The number of benzene rings is 1. The number of alkyl halides is 1. The van der Waals surface area contributed by atoms with E-state index in [9.17, 15) is 14.9 Å². The van der Waals surface area contributed by atoms with Gasteiger partial charge in [-0.1, -0.05) is 12.2 Å². The van der Waals surface area contributed by atoms with Crippen molar-refractivity contribution < 1.29 is 14.5 Å². The van der Waals surface area contributed by atoms with Gasteiger partial charge in [0.2, 0.25) is 0 Å². The molecule has 0 saturated carbocycles. The minimum absolute atomic E-state index is 0.0661. The summed E-state index contributed by atoms with van der Waals surface area (Å²) in [6.07, 6.45) is 3.28. The Morgan fingerprint density at radius 3 is 2.53 bits per heavy atom. The summed E-state index contributed by atoms with van der Waals surface area (Å²) in [5.41, 5.74) is 0.207. The van der Waals surface area contributed by atoms with Crippen LogP contribution in [0.3, 0.4) is 0 Å². The molecular weight excluding hydrogens is 246 g/mol. The van der Waals surface area contributed by atoms with Gasteiger partial charge in [0.15, 0.2) is 0 Å². The zero-order valence-corrected chi connectivity index (χ0v) is 9.59. The maximum Gasteiger partial charge on any atom is 0.338 e. The van der Waals surface area contributed by atoms with Gasteiger partial charge in [-0.2, -0.15) is 0 Å². The lowest BCUT2D eigenvalue weighted by Gasteiger charge is -2.01. The van der Waals surface area contributed by atoms with Crippen LogP contribution >= 0.6 is 11.6 Å². The molecule has 0 saturated heterocycles. The Balaban J connectivity index is 2.57. The van der Waals surface area contributed by atoms with Crippen LogP contribution in [0, 0.1) is 10.1 Å². The van der Waals surface area contributed by atoms with Crippen molar-refractivity contribution in [2.75, 3.05) is 12.5 Å². The number of esters is 1. The third kappa shape index (κ3) is 4.24. The Kier molecular flexibility index (Phi) is 5.16. The van der Waals surface area contributed by atoms with Crippen LogP contribution in [0.25, 0.3) is 0 Å². The molecule has 6 heteroatoms. The number of carbonyl (C=O) groups excluding carboxylic acids is 1. The lowest BCUT2D eigenvalue weighted by Crippen LogP contribution is -2.05. The monoisotopic (exact) mass is 255 g/mol. The number of non-ortho nitro benzene ring substituents is 1. The second-order valence-electron chi connectivity index (χ2n) is 3.03. The van der Waals surface area contributed by atoms with E-state index >= 15 is 0 Å². The molecule has 1 rings (SSSR count). The summed E-state index contributed by atoms with van der Waals surface area (Å²) in [6, 6.07) is 5.22. The zero-order valence-electron chi connectivity index (χ0n) is 8.84. The molecule has 1 aromatic carbocycles. The number of ether oxygens (including phenoxy) is 1. The second kappa shape index (κ2) is 6.65. The van der Waals surface area contributed by atoms with Crippen LogP contribution in [0.1, 0.15) is 10.4 Å². The van der Waals surface area contributed by atoms with Gasteiger partial charge >= 0.3 is 5.97 Å². The van der Waals surface area contributed by atoms with Gasteiger partial charge in [-0.3, -0.25) is 10.1 Å². The molecule has 1 aromatic rings. The van der Waals surface area contributed by atoms with E-state index in [4.69, 9.17) is 16.3 Å². The van der Waals surface area contributed by atoms with Gasteiger partial charge in [0.05, 0.1) is 10.5 Å². The zero-order chi connectivity index (χ0) is 12.7. The molecule has 0 aliphatic heterocycles. The van der Waals surface area contributed by atoms with Crippen molar-refractivity contribution in [2.24, 2.45) is 0 Å². The van der Waals surface area contributed by atoms with Crippen LogP contribution < -0.4 is 0 Å². The van der Waals surface area contributed by atoms with Gasteiger partial charge in [0, 0.05) is 18.0 Å². The van der Waals surface area contributed by atoms with Crippen molar-refractivity contribution in [1.29, 1.82) is 0 Å².